The molecule has 152 valence electrons. The molecule has 1 fully saturated rings. The van der Waals surface area contributed by atoms with Crippen LogP contribution < -0.4 is 10.1 Å². The first-order valence-corrected chi connectivity index (χ1v) is 9.09. The van der Waals surface area contributed by atoms with Gasteiger partial charge in [0.05, 0.1) is 13.7 Å². The fraction of sp³-hybridized carbons (Fsp3) is 0.579. The van der Waals surface area contributed by atoms with E-state index >= 15 is 0 Å². The number of aliphatic imine (C=N–C) groups is 1. The minimum absolute atomic E-state index is 0. The van der Waals surface area contributed by atoms with Gasteiger partial charge in [-0.3, -0.25) is 4.99 Å². The predicted octanol–water partition coefficient (Wildman–Crippen LogP) is 2.51. The number of rotatable bonds is 5. The molecule has 1 N–H and O–H groups in total. The summed E-state index contributed by atoms with van der Waals surface area (Å²) >= 11 is 0. The van der Waals surface area contributed by atoms with Crippen LogP contribution >= 0.6 is 24.0 Å². The molecule has 0 bridgehead atoms. The third-order valence-electron chi connectivity index (χ3n) is 4.43. The molecule has 0 atom stereocenters. The van der Waals surface area contributed by atoms with E-state index in [4.69, 9.17) is 9.47 Å². The van der Waals surface area contributed by atoms with Crippen LogP contribution in [0.3, 0.4) is 0 Å². The molecule has 27 heavy (non-hydrogen) atoms. The molecule has 7 nitrogen and oxygen atoms in total. The summed E-state index contributed by atoms with van der Waals surface area (Å²) in [5.74, 6) is 1.77. The standard InChI is InChI=1S/C19H30N4O3.HI/c1-5-26-19(24)23-12-10-22(11-13-23)18(20-3)21-9-8-16-14-15(2)6-7-17(16)25-4;/h6-7,14H,5,8-13H2,1-4H3,(H,20,21);1H. The lowest BCUT2D eigenvalue weighted by Gasteiger charge is -2.35. The Morgan fingerprint density at radius 1 is 1.22 bits per heavy atom. The largest absolute Gasteiger partial charge is 0.496 e. The van der Waals surface area contributed by atoms with Crippen molar-refractivity contribution in [3.63, 3.8) is 0 Å². The molecule has 8 heteroatoms. The summed E-state index contributed by atoms with van der Waals surface area (Å²) in [6, 6.07) is 6.22. The number of carbonyl (C=O) groups excluding carboxylic acids is 1. The van der Waals surface area contributed by atoms with Crippen molar-refractivity contribution in [1.82, 2.24) is 15.1 Å². The van der Waals surface area contributed by atoms with Crippen LogP contribution in [-0.2, 0) is 11.2 Å². The molecule has 1 aromatic carbocycles. The van der Waals surface area contributed by atoms with Gasteiger partial charge in [0.25, 0.3) is 0 Å². The van der Waals surface area contributed by atoms with Crippen LogP contribution in [0.25, 0.3) is 0 Å². The zero-order valence-electron chi connectivity index (χ0n) is 16.7. The van der Waals surface area contributed by atoms with Crippen LogP contribution in [0.15, 0.2) is 23.2 Å². The number of aryl methyl sites for hydroxylation is 1. The van der Waals surface area contributed by atoms with Crippen molar-refractivity contribution in [3.05, 3.63) is 29.3 Å². The van der Waals surface area contributed by atoms with E-state index in [2.05, 4.69) is 34.3 Å². The fourth-order valence-electron chi connectivity index (χ4n) is 3.06. The highest BCUT2D eigenvalue weighted by Gasteiger charge is 2.23. The Morgan fingerprint density at radius 3 is 2.48 bits per heavy atom. The highest BCUT2D eigenvalue weighted by Crippen LogP contribution is 2.19. The van der Waals surface area contributed by atoms with E-state index in [9.17, 15) is 4.79 Å². The summed E-state index contributed by atoms with van der Waals surface area (Å²) < 4.78 is 10.5. The summed E-state index contributed by atoms with van der Waals surface area (Å²) in [5.41, 5.74) is 2.41. The summed E-state index contributed by atoms with van der Waals surface area (Å²) in [5, 5.41) is 3.41. The van der Waals surface area contributed by atoms with E-state index in [1.54, 1.807) is 19.1 Å². The Balaban J connectivity index is 0.00000364. The number of hydrogen-bond acceptors (Lipinski definition) is 4. The van der Waals surface area contributed by atoms with Gasteiger partial charge in [-0.1, -0.05) is 17.7 Å². The molecule has 1 aliphatic heterocycles. The second kappa shape index (κ2) is 11.9. The van der Waals surface area contributed by atoms with Crippen molar-refractivity contribution < 1.29 is 14.3 Å². The van der Waals surface area contributed by atoms with Gasteiger partial charge in [0.1, 0.15) is 5.75 Å². The number of nitrogens with one attached hydrogen (secondary N) is 1. The molecule has 1 saturated heterocycles. The van der Waals surface area contributed by atoms with Gasteiger partial charge in [0.2, 0.25) is 0 Å². The van der Waals surface area contributed by atoms with E-state index in [1.807, 2.05) is 13.0 Å². The van der Waals surface area contributed by atoms with Crippen LogP contribution in [0.5, 0.6) is 5.75 Å². The van der Waals surface area contributed by atoms with E-state index in [1.165, 1.54) is 11.1 Å². The summed E-state index contributed by atoms with van der Waals surface area (Å²) in [7, 11) is 3.48. The molecule has 0 saturated carbocycles. The molecule has 1 amide bonds. The SMILES string of the molecule is CCOC(=O)N1CCN(C(=NC)NCCc2cc(C)ccc2OC)CC1.I. The first-order valence-electron chi connectivity index (χ1n) is 9.09. The summed E-state index contributed by atoms with van der Waals surface area (Å²) in [6.07, 6.45) is 0.619. The first kappa shape index (κ1) is 23.3. The Labute approximate surface area is 179 Å². The Kier molecular flexibility index (Phi) is 10.3. The number of halogens is 1. The maximum Gasteiger partial charge on any atom is 0.409 e. The molecule has 0 radical (unpaired) electrons. The first-order chi connectivity index (χ1) is 12.6. The highest BCUT2D eigenvalue weighted by molar-refractivity contribution is 14.0. The topological polar surface area (TPSA) is 66.4 Å². The average Bonchev–Trinajstić information content (AvgIpc) is 2.66. The third-order valence-corrected chi connectivity index (χ3v) is 4.43. The van der Waals surface area contributed by atoms with Crippen molar-refractivity contribution in [1.29, 1.82) is 0 Å². The molecule has 0 aliphatic carbocycles. The second-order valence-electron chi connectivity index (χ2n) is 6.21. The number of amides is 1. The molecule has 1 aliphatic rings. The second-order valence-corrected chi connectivity index (χ2v) is 6.21. The van der Waals surface area contributed by atoms with E-state index in [-0.39, 0.29) is 30.1 Å². The van der Waals surface area contributed by atoms with Gasteiger partial charge >= 0.3 is 6.09 Å². The van der Waals surface area contributed by atoms with Gasteiger partial charge < -0.3 is 24.6 Å². The van der Waals surface area contributed by atoms with Crippen molar-refractivity contribution in [3.8, 4) is 5.75 Å². The smallest absolute Gasteiger partial charge is 0.409 e. The van der Waals surface area contributed by atoms with Crippen LogP contribution in [0.4, 0.5) is 4.79 Å². The van der Waals surface area contributed by atoms with E-state index < -0.39 is 0 Å². The minimum Gasteiger partial charge on any atom is -0.496 e. The molecular weight excluding hydrogens is 459 g/mol. The number of carbonyl (C=O) groups is 1. The normalized spacial score (nSPS) is 14.4. The van der Waals surface area contributed by atoms with E-state index in [0.717, 1.165) is 37.8 Å². The fourth-order valence-corrected chi connectivity index (χ4v) is 3.06. The predicted molar refractivity (Wildman–Crippen MR) is 118 cm³/mol. The maximum absolute atomic E-state index is 11.8. The lowest BCUT2D eigenvalue weighted by atomic mass is 10.1. The van der Waals surface area contributed by atoms with Gasteiger partial charge in [-0.25, -0.2) is 4.79 Å². The maximum atomic E-state index is 11.8. The lowest BCUT2D eigenvalue weighted by Crippen LogP contribution is -2.54. The van der Waals surface area contributed by atoms with Gasteiger partial charge in [-0.15, -0.1) is 24.0 Å². The number of guanidine groups is 1. The van der Waals surface area contributed by atoms with Gasteiger partial charge in [0.15, 0.2) is 5.96 Å². The highest BCUT2D eigenvalue weighted by atomic mass is 127. The van der Waals surface area contributed by atoms with Gasteiger partial charge in [-0.05, 0) is 31.9 Å². The van der Waals surface area contributed by atoms with Crippen molar-refractivity contribution in [2.75, 3.05) is 53.5 Å². The van der Waals surface area contributed by atoms with Crippen LogP contribution in [-0.4, -0.2) is 75.3 Å². The monoisotopic (exact) mass is 490 g/mol. The molecule has 1 heterocycles. The Bertz CT molecular complexity index is 631. The van der Waals surface area contributed by atoms with E-state index in [0.29, 0.717) is 19.7 Å². The average molecular weight is 490 g/mol. The third kappa shape index (κ3) is 6.75. The summed E-state index contributed by atoms with van der Waals surface area (Å²) in [6.45, 7) is 7.85. The molecule has 0 spiro atoms. The van der Waals surface area contributed by atoms with Gasteiger partial charge in [-0.2, -0.15) is 0 Å². The quantitative estimate of drug-likeness (QED) is 0.391. The Morgan fingerprint density at radius 2 is 1.89 bits per heavy atom. The molecule has 1 aromatic rings. The van der Waals surface area contributed by atoms with Crippen molar-refractivity contribution in [2.24, 2.45) is 4.99 Å². The number of methoxy groups -OCH3 is 1. The molecule has 0 unspecified atom stereocenters. The van der Waals surface area contributed by atoms with Crippen LogP contribution in [0.2, 0.25) is 0 Å². The number of piperazine rings is 1. The number of nitrogens with zero attached hydrogens (tertiary/aromatic N) is 3. The van der Waals surface area contributed by atoms with Crippen LogP contribution in [0, 0.1) is 6.92 Å². The van der Waals surface area contributed by atoms with Crippen molar-refractivity contribution in [2.45, 2.75) is 20.3 Å². The lowest BCUT2D eigenvalue weighted by molar-refractivity contribution is 0.0915. The van der Waals surface area contributed by atoms with Crippen molar-refractivity contribution >= 4 is 36.0 Å². The Hall–Kier alpha value is -1.71. The zero-order chi connectivity index (χ0) is 18.9. The summed E-state index contributed by atoms with van der Waals surface area (Å²) in [4.78, 5) is 20.1. The molecule has 2 rings (SSSR count). The number of hydrogen-bond donors (Lipinski definition) is 1. The minimum atomic E-state index is -0.235. The van der Waals surface area contributed by atoms with Crippen LogP contribution in [0.1, 0.15) is 18.1 Å². The zero-order valence-corrected chi connectivity index (χ0v) is 19.0. The number of ether oxygens (including phenoxy) is 2. The van der Waals surface area contributed by atoms with Gasteiger partial charge in [0, 0.05) is 39.8 Å². The molecule has 0 aromatic heterocycles. The molecular formula is C19H31IN4O3. The number of benzene rings is 1.